The van der Waals surface area contributed by atoms with Gasteiger partial charge in [0.15, 0.2) is 17.5 Å². The third-order valence-electron chi connectivity index (χ3n) is 6.49. The molecule has 0 fully saturated rings. The van der Waals surface area contributed by atoms with Crippen molar-refractivity contribution >= 4 is 25.5 Å². The number of allylic oxidation sites excluding steroid dienone is 4. The molecule has 6 rings (SSSR count). The first-order valence-corrected chi connectivity index (χ1v) is 11.6. The average molecular weight is 439 g/mol. The lowest BCUT2D eigenvalue weighted by Gasteiger charge is -2.37. The van der Waals surface area contributed by atoms with Gasteiger partial charge >= 0.3 is 0 Å². The summed E-state index contributed by atoms with van der Waals surface area (Å²) in [6.07, 6.45) is 6.05. The molecule has 0 spiro atoms. The Labute approximate surface area is 185 Å². The van der Waals surface area contributed by atoms with Crippen molar-refractivity contribution in [3.8, 4) is 0 Å². The summed E-state index contributed by atoms with van der Waals surface area (Å²) in [7, 11) is -0.143. The maximum Gasteiger partial charge on any atom is 0.194 e. The highest BCUT2D eigenvalue weighted by molar-refractivity contribution is 6.45. The van der Waals surface area contributed by atoms with Gasteiger partial charge in [0.25, 0.3) is 0 Å². The minimum atomic E-state index is -1.44. The first-order chi connectivity index (χ1) is 15.6. The predicted molar refractivity (Wildman–Crippen MR) is 124 cm³/mol. The van der Waals surface area contributed by atoms with E-state index in [1.54, 1.807) is 0 Å². The van der Waals surface area contributed by atoms with Gasteiger partial charge < -0.3 is 0 Å². The van der Waals surface area contributed by atoms with Gasteiger partial charge in [0.2, 0.25) is 0 Å². The summed E-state index contributed by atoms with van der Waals surface area (Å²) < 4.78 is 43.0. The lowest BCUT2D eigenvalue weighted by Crippen LogP contribution is -2.33. The van der Waals surface area contributed by atoms with E-state index in [0.717, 1.165) is 39.3 Å². The molecule has 4 aromatic rings. The van der Waals surface area contributed by atoms with Crippen LogP contribution in [-0.4, -0.2) is 9.13 Å². The largest absolute Gasteiger partial charge is 0.204 e. The quantitative estimate of drug-likeness (QED) is 0.284. The van der Waals surface area contributed by atoms with E-state index < -0.39 is 22.9 Å². The number of hydrogen-bond donors (Lipinski definition) is 0. The maximum absolute atomic E-state index is 14.5. The fourth-order valence-electron chi connectivity index (χ4n) is 5.06. The zero-order chi connectivity index (χ0) is 21.9. The molecule has 0 bridgehead atoms. The molecule has 1 aliphatic carbocycles. The molecule has 32 heavy (non-hydrogen) atoms. The molecule has 0 saturated heterocycles. The standard InChI is InChI=1S/C28H17F3Si/c29-22-15-20(16-23(30)27(22)31)28(19-12-11-17-6-1-2-7-18(17)14-19)13-5-10-25-26(28)21-8-3-4-9-24(21)32-25/h1-16,32H. The van der Waals surface area contributed by atoms with Gasteiger partial charge in [-0.2, -0.15) is 0 Å². The highest BCUT2D eigenvalue weighted by atomic mass is 28.2. The van der Waals surface area contributed by atoms with E-state index in [1.807, 2.05) is 60.7 Å². The first-order valence-electron chi connectivity index (χ1n) is 10.4. The zero-order valence-corrected chi connectivity index (χ0v) is 18.1. The average Bonchev–Trinajstić information content (AvgIpc) is 3.21. The van der Waals surface area contributed by atoms with Gasteiger partial charge in [0.1, 0.15) is 0 Å². The SMILES string of the molecule is Fc1cc(C2(c3ccc4ccccc4c3)C=CC=C3[SiH]=c4ccccc4=C32)cc(F)c1F. The van der Waals surface area contributed by atoms with Crippen molar-refractivity contribution in [2.45, 2.75) is 5.41 Å². The molecule has 4 aromatic carbocycles. The van der Waals surface area contributed by atoms with E-state index >= 15 is 0 Å². The normalized spacial score (nSPS) is 18.8. The van der Waals surface area contributed by atoms with Gasteiger partial charge in [-0.3, -0.25) is 0 Å². The maximum atomic E-state index is 14.5. The Hall–Kier alpha value is -3.50. The number of benzene rings is 4. The fourth-order valence-corrected chi connectivity index (χ4v) is 6.74. The number of rotatable bonds is 2. The van der Waals surface area contributed by atoms with E-state index in [1.165, 1.54) is 10.0 Å². The zero-order valence-electron chi connectivity index (χ0n) is 16.9. The van der Waals surface area contributed by atoms with Crippen LogP contribution in [0.5, 0.6) is 0 Å². The molecule has 0 amide bonds. The fraction of sp³-hybridized carbons (Fsp3) is 0.0357. The minimum Gasteiger partial charge on any atom is -0.204 e. The lowest BCUT2D eigenvalue weighted by atomic mass is 9.66. The second-order valence-electron chi connectivity index (χ2n) is 8.21. The van der Waals surface area contributed by atoms with Crippen LogP contribution in [0.15, 0.2) is 102 Å². The third kappa shape index (κ3) is 2.66. The first kappa shape index (κ1) is 19.2. The Balaban J connectivity index is 1.77. The molecule has 1 aliphatic heterocycles. The molecule has 2 aliphatic rings. The second kappa shape index (κ2) is 7.00. The van der Waals surface area contributed by atoms with Crippen LogP contribution in [0.25, 0.3) is 16.3 Å². The van der Waals surface area contributed by atoms with E-state index in [4.69, 9.17) is 0 Å². The molecule has 1 unspecified atom stereocenters. The Bertz CT molecular complexity index is 1590. The van der Waals surface area contributed by atoms with Crippen LogP contribution in [0.3, 0.4) is 0 Å². The summed E-state index contributed by atoms with van der Waals surface area (Å²) in [4.78, 5) is 1.26. The highest BCUT2D eigenvalue weighted by Gasteiger charge is 2.41. The predicted octanol–water partition coefficient (Wildman–Crippen LogP) is 5.55. The summed E-state index contributed by atoms with van der Waals surface area (Å²) in [6, 6.07) is 24.6. The van der Waals surface area contributed by atoms with Crippen molar-refractivity contribution in [1.82, 2.24) is 0 Å². The topological polar surface area (TPSA) is 0 Å². The van der Waals surface area contributed by atoms with Gasteiger partial charge in [-0.25, -0.2) is 13.2 Å². The summed E-state index contributed by atoms with van der Waals surface area (Å²) in [5.74, 6) is -3.80. The second-order valence-corrected chi connectivity index (χ2v) is 9.74. The van der Waals surface area contributed by atoms with Crippen molar-refractivity contribution < 1.29 is 13.2 Å². The molecular weight excluding hydrogens is 421 g/mol. The van der Waals surface area contributed by atoms with Gasteiger partial charge in [0, 0.05) is 9.13 Å². The van der Waals surface area contributed by atoms with Crippen LogP contribution in [-0.2, 0) is 5.41 Å². The van der Waals surface area contributed by atoms with Gasteiger partial charge in [0.05, 0.1) is 5.41 Å². The summed E-state index contributed by atoms with van der Waals surface area (Å²) in [6.45, 7) is 0. The number of hydrogen-bond acceptors (Lipinski definition) is 0. The third-order valence-corrected chi connectivity index (χ3v) is 8.10. The van der Waals surface area contributed by atoms with Crippen LogP contribution < -0.4 is 5.22 Å². The van der Waals surface area contributed by atoms with E-state index in [0.29, 0.717) is 5.56 Å². The highest BCUT2D eigenvalue weighted by Crippen LogP contribution is 2.47. The van der Waals surface area contributed by atoms with Crippen LogP contribution in [0.1, 0.15) is 11.1 Å². The van der Waals surface area contributed by atoms with Crippen LogP contribution in [0, 0.1) is 22.3 Å². The molecule has 4 heteroatoms. The molecule has 0 N–H and O–H groups in total. The molecule has 0 saturated carbocycles. The van der Waals surface area contributed by atoms with Crippen molar-refractivity contribution in [2.75, 3.05) is 0 Å². The Kier molecular flexibility index (Phi) is 4.20. The van der Waals surface area contributed by atoms with Crippen molar-refractivity contribution in [2.24, 2.45) is 0 Å². The van der Waals surface area contributed by atoms with Gasteiger partial charge in [-0.1, -0.05) is 78.9 Å². The van der Waals surface area contributed by atoms with Crippen molar-refractivity contribution in [1.29, 1.82) is 0 Å². The Morgan fingerprint density at radius 3 is 2.22 bits per heavy atom. The van der Waals surface area contributed by atoms with Crippen molar-refractivity contribution in [3.05, 3.63) is 141 Å². The van der Waals surface area contributed by atoms with Crippen molar-refractivity contribution in [3.63, 3.8) is 0 Å². The molecule has 0 aromatic heterocycles. The van der Waals surface area contributed by atoms with Crippen LogP contribution in [0.4, 0.5) is 13.2 Å². The van der Waals surface area contributed by atoms with Crippen LogP contribution in [0.2, 0.25) is 0 Å². The summed E-state index contributed by atoms with van der Waals surface area (Å²) in [5.41, 5.74) is 1.39. The summed E-state index contributed by atoms with van der Waals surface area (Å²) in [5, 5.41) is 4.40. The molecule has 1 atom stereocenters. The summed E-state index contributed by atoms with van der Waals surface area (Å²) >= 11 is 0. The number of halogens is 3. The molecule has 0 nitrogen and oxygen atoms in total. The Morgan fingerprint density at radius 2 is 1.41 bits per heavy atom. The van der Waals surface area contributed by atoms with Gasteiger partial charge in [-0.15, -0.1) is 0 Å². The molecular formula is C28H17F3Si. The van der Waals surface area contributed by atoms with Gasteiger partial charge in [-0.05, 0) is 60.9 Å². The Morgan fingerprint density at radius 1 is 0.688 bits per heavy atom. The smallest absolute Gasteiger partial charge is 0.194 e. The lowest BCUT2D eigenvalue weighted by molar-refractivity contribution is 0.444. The molecule has 1 heterocycles. The number of fused-ring (bicyclic) bond motifs is 3. The molecule has 154 valence electrons. The minimum absolute atomic E-state index is 0.143. The van der Waals surface area contributed by atoms with Crippen LogP contribution >= 0.6 is 0 Å². The molecule has 0 radical (unpaired) electrons. The monoisotopic (exact) mass is 438 g/mol. The van der Waals surface area contributed by atoms with E-state index in [9.17, 15) is 13.2 Å². The van der Waals surface area contributed by atoms with E-state index in [-0.39, 0.29) is 9.13 Å². The van der Waals surface area contributed by atoms with E-state index in [2.05, 4.69) is 24.3 Å².